The van der Waals surface area contributed by atoms with Crippen molar-refractivity contribution in [1.29, 1.82) is 0 Å². The zero-order valence-corrected chi connectivity index (χ0v) is 16.4. The summed E-state index contributed by atoms with van der Waals surface area (Å²) in [5.74, 6) is -1.30. The second-order valence-electron chi connectivity index (χ2n) is 5.96. The summed E-state index contributed by atoms with van der Waals surface area (Å²) in [4.78, 5) is 37.8. The number of nitrogens with zero attached hydrogens (tertiary/aromatic N) is 1. The van der Waals surface area contributed by atoms with Crippen LogP contribution in [0.3, 0.4) is 0 Å². The summed E-state index contributed by atoms with van der Waals surface area (Å²) in [5.41, 5.74) is 0.873. The van der Waals surface area contributed by atoms with Crippen LogP contribution >= 0.6 is 12.2 Å². The monoisotopic (exact) mass is 405 g/mol. The van der Waals surface area contributed by atoms with Crippen LogP contribution in [0.4, 0.5) is 0 Å². The molecule has 1 fully saturated rings. The van der Waals surface area contributed by atoms with Crippen LogP contribution < -0.4 is 10.6 Å². The van der Waals surface area contributed by atoms with E-state index in [2.05, 4.69) is 10.6 Å². The van der Waals surface area contributed by atoms with Crippen molar-refractivity contribution in [3.63, 3.8) is 0 Å². The third-order valence-electron chi connectivity index (χ3n) is 3.96. The lowest BCUT2D eigenvalue weighted by molar-refractivity contribution is -0.148. The first-order chi connectivity index (χ1) is 13.5. The molecule has 1 aliphatic heterocycles. The fraction of sp³-hybridized carbons (Fsp3) is 0.368. The lowest BCUT2D eigenvalue weighted by Crippen LogP contribution is -2.60. The Morgan fingerprint density at radius 3 is 2.79 bits per heavy atom. The van der Waals surface area contributed by atoms with Crippen LogP contribution in [0.15, 0.2) is 36.4 Å². The number of esters is 1. The predicted molar refractivity (Wildman–Crippen MR) is 107 cm³/mol. The summed E-state index contributed by atoms with van der Waals surface area (Å²) < 4.78 is 9.84. The van der Waals surface area contributed by atoms with E-state index in [1.807, 2.05) is 30.3 Å². The van der Waals surface area contributed by atoms with Crippen molar-refractivity contribution in [2.24, 2.45) is 0 Å². The SMILES string of the molecule is COCCOC(=O)CC1C(=O)NCCN1C(=S)NC(=O)/C=C/c1ccccc1. The molecule has 0 saturated carbocycles. The van der Waals surface area contributed by atoms with Crippen LogP contribution in [0.25, 0.3) is 6.08 Å². The van der Waals surface area contributed by atoms with Gasteiger partial charge in [0.1, 0.15) is 12.6 Å². The van der Waals surface area contributed by atoms with Crippen LogP contribution in [-0.2, 0) is 23.9 Å². The fourth-order valence-corrected chi connectivity index (χ4v) is 2.89. The van der Waals surface area contributed by atoms with Crippen LogP contribution in [0.1, 0.15) is 12.0 Å². The summed E-state index contributed by atoms with van der Waals surface area (Å²) in [6.45, 7) is 1.12. The summed E-state index contributed by atoms with van der Waals surface area (Å²) in [7, 11) is 1.50. The van der Waals surface area contributed by atoms with Gasteiger partial charge >= 0.3 is 5.97 Å². The van der Waals surface area contributed by atoms with E-state index in [0.717, 1.165) is 5.56 Å². The van der Waals surface area contributed by atoms with Gasteiger partial charge in [0.15, 0.2) is 5.11 Å². The number of rotatable bonds is 7. The zero-order chi connectivity index (χ0) is 20.4. The molecule has 0 radical (unpaired) electrons. The molecule has 1 unspecified atom stereocenters. The van der Waals surface area contributed by atoms with Crippen LogP contribution in [0.5, 0.6) is 0 Å². The van der Waals surface area contributed by atoms with Gasteiger partial charge in [0.2, 0.25) is 11.8 Å². The number of carbonyl (C=O) groups excluding carboxylic acids is 3. The first-order valence-electron chi connectivity index (χ1n) is 8.78. The average molecular weight is 405 g/mol. The third-order valence-corrected chi connectivity index (χ3v) is 4.30. The number of benzene rings is 1. The Bertz CT molecular complexity index is 738. The molecule has 28 heavy (non-hydrogen) atoms. The number of amides is 2. The molecule has 8 nitrogen and oxygen atoms in total. The minimum atomic E-state index is -0.838. The molecule has 0 aliphatic carbocycles. The topological polar surface area (TPSA) is 97.0 Å². The van der Waals surface area contributed by atoms with Crippen molar-refractivity contribution in [3.8, 4) is 0 Å². The first-order valence-corrected chi connectivity index (χ1v) is 9.19. The minimum Gasteiger partial charge on any atom is -0.463 e. The van der Waals surface area contributed by atoms with E-state index in [9.17, 15) is 14.4 Å². The van der Waals surface area contributed by atoms with Gasteiger partial charge in [-0.25, -0.2) is 0 Å². The van der Waals surface area contributed by atoms with Crippen LogP contribution in [-0.4, -0.2) is 67.3 Å². The maximum absolute atomic E-state index is 12.2. The highest BCUT2D eigenvalue weighted by Crippen LogP contribution is 2.11. The van der Waals surface area contributed by atoms with Gasteiger partial charge in [-0.2, -0.15) is 0 Å². The zero-order valence-electron chi connectivity index (χ0n) is 15.6. The molecule has 1 aliphatic rings. The molecule has 1 atom stereocenters. The van der Waals surface area contributed by atoms with E-state index in [4.69, 9.17) is 21.7 Å². The molecule has 1 heterocycles. The molecule has 1 aromatic rings. The molecule has 2 rings (SSSR count). The standard InChI is InChI=1S/C19H23N3O5S/c1-26-11-12-27-17(24)13-15-18(25)20-9-10-22(15)19(28)21-16(23)8-7-14-5-3-2-4-6-14/h2-8,15H,9-13H2,1H3,(H,20,25)(H,21,23,28)/b8-7+. The number of thiocarbonyl (C=S) groups is 1. The number of ether oxygens (including phenoxy) is 2. The third kappa shape index (κ3) is 6.75. The number of nitrogens with one attached hydrogen (secondary N) is 2. The summed E-state index contributed by atoms with van der Waals surface area (Å²) in [6, 6.07) is 8.50. The summed E-state index contributed by atoms with van der Waals surface area (Å²) >= 11 is 5.28. The van der Waals surface area contributed by atoms with Crippen LogP contribution in [0.2, 0.25) is 0 Å². The van der Waals surface area contributed by atoms with Gasteiger partial charge in [0.05, 0.1) is 13.0 Å². The second-order valence-corrected chi connectivity index (χ2v) is 6.34. The molecule has 1 saturated heterocycles. The number of hydrogen-bond acceptors (Lipinski definition) is 6. The van der Waals surface area contributed by atoms with Gasteiger partial charge in [-0.15, -0.1) is 0 Å². The Morgan fingerprint density at radius 1 is 1.32 bits per heavy atom. The Balaban J connectivity index is 1.94. The van der Waals surface area contributed by atoms with Crippen molar-refractivity contribution in [2.45, 2.75) is 12.5 Å². The summed E-state index contributed by atoms with van der Waals surface area (Å²) in [5, 5.41) is 5.36. The first kappa shape index (κ1) is 21.5. The van der Waals surface area contributed by atoms with Crippen molar-refractivity contribution in [1.82, 2.24) is 15.5 Å². The molecule has 0 spiro atoms. The Labute approximate surface area is 168 Å². The highest BCUT2D eigenvalue weighted by Gasteiger charge is 2.34. The highest BCUT2D eigenvalue weighted by molar-refractivity contribution is 7.80. The van der Waals surface area contributed by atoms with Gasteiger partial charge in [-0.3, -0.25) is 19.7 Å². The maximum atomic E-state index is 12.2. The number of carbonyl (C=O) groups is 3. The van der Waals surface area contributed by atoms with E-state index in [0.29, 0.717) is 13.1 Å². The lowest BCUT2D eigenvalue weighted by Gasteiger charge is -2.36. The second kappa shape index (κ2) is 11.2. The minimum absolute atomic E-state index is 0.0900. The number of hydrogen-bond donors (Lipinski definition) is 2. The molecule has 2 amide bonds. The fourth-order valence-electron chi connectivity index (χ4n) is 2.57. The normalized spacial score (nSPS) is 16.5. The Morgan fingerprint density at radius 2 is 2.07 bits per heavy atom. The van der Waals surface area contributed by atoms with Gasteiger partial charge in [0.25, 0.3) is 0 Å². The lowest BCUT2D eigenvalue weighted by atomic mass is 10.1. The Kier molecular flexibility index (Phi) is 8.57. The van der Waals surface area contributed by atoms with Gasteiger partial charge in [0, 0.05) is 26.3 Å². The van der Waals surface area contributed by atoms with Crippen LogP contribution in [0, 0.1) is 0 Å². The quantitative estimate of drug-likeness (QED) is 0.295. The molecule has 1 aromatic carbocycles. The smallest absolute Gasteiger partial charge is 0.308 e. The molecule has 0 bridgehead atoms. The van der Waals surface area contributed by atoms with Gasteiger partial charge in [-0.05, 0) is 23.9 Å². The molecular formula is C19H23N3O5S. The number of piperazine rings is 1. The van der Waals surface area contributed by atoms with Crippen molar-refractivity contribution in [3.05, 3.63) is 42.0 Å². The number of methoxy groups -OCH3 is 1. The van der Waals surface area contributed by atoms with Crippen molar-refractivity contribution in [2.75, 3.05) is 33.4 Å². The molecule has 9 heteroatoms. The van der Waals surface area contributed by atoms with E-state index in [-0.39, 0.29) is 30.7 Å². The molecule has 0 aromatic heterocycles. The molecular weight excluding hydrogens is 382 g/mol. The van der Waals surface area contributed by atoms with Gasteiger partial charge < -0.3 is 19.7 Å². The van der Waals surface area contributed by atoms with E-state index < -0.39 is 17.9 Å². The Hall–Kier alpha value is -2.78. The summed E-state index contributed by atoms with van der Waals surface area (Å²) in [6.07, 6.45) is 2.84. The highest BCUT2D eigenvalue weighted by atomic mass is 32.1. The molecule has 2 N–H and O–H groups in total. The average Bonchev–Trinajstić information content (AvgIpc) is 2.69. The maximum Gasteiger partial charge on any atom is 0.308 e. The largest absolute Gasteiger partial charge is 0.463 e. The van der Waals surface area contributed by atoms with E-state index in [1.54, 1.807) is 6.08 Å². The van der Waals surface area contributed by atoms with E-state index in [1.165, 1.54) is 18.1 Å². The predicted octanol–water partition coefficient (Wildman–Crippen LogP) is 0.481. The van der Waals surface area contributed by atoms with Crippen molar-refractivity contribution < 1.29 is 23.9 Å². The van der Waals surface area contributed by atoms with Gasteiger partial charge in [-0.1, -0.05) is 30.3 Å². The molecule has 150 valence electrons. The van der Waals surface area contributed by atoms with E-state index >= 15 is 0 Å². The van der Waals surface area contributed by atoms with Crippen molar-refractivity contribution >= 4 is 41.2 Å².